The monoisotopic (exact) mass is 509 g/mol. The van der Waals surface area contributed by atoms with Crippen molar-refractivity contribution in [1.29, 1.82) is 0 Å². The van der Waals surface area contributed by atoms with E-state index in [1.54, 1.807) is 19.1 Å². The van der Waals surface area contributed by atoms with Gasteiger partial charge in [-0.15, -0.1) is 0 Å². The van der Waals surface area contributed by atoms with E-state index in [4.69, 9.17) is 27.9 Å². The fraction of sp³-hybridized carbons (Fsp3) is 0.381. The number of aromatic nitrogens is 2. The Bertz CT molecular complexity index is 1200. The van der Waals surface area contributed by atoms with Crippen LogP contribution in [0.25, 0.3) is 10.2 Å². The molecule has 3 heterocycles. The van der Waals surface area contributed by atoms with Crippen molar-refractivity contribution in [3.63, 3.8) is 0 Å². The number of anilines is 2. The van der Waals surface area contributed by atoms with Crippen molar-refractivity contribution in [2.45, 2.75) is 26.3 Å². The van der Waals surface area contributed by atoms with Crippen LogP contribution in [0.5, 0.6) is 0 Å². The zero-order chi connectivity index (χ0) is 23.5. The predicted molar refractivity (Wildman–Crippen MR) is 129 cm³/mol. The third-order valence-corrected chi connectivity index (χ3v) is 7.11. The lowest BCUT2D eigenvalue weighted by molar-refractivity contribution is -0.380. The molecule has 174 valence electrons. The number of nitrogens with zero attached hydrogens (tertiary/aromatic N) is 4. The number of carbonyl (C=O) groups is 1. The second kappa shape index (κ2) is 10.1. The fourth-order valence-electron chi connectivity index (χ4n) is 3.67. The zero-order valence-corrected chi connectivity index (χ0v) is 20.0. The predicted octanol–water partition coefficient (Wildman–Crippen LogP) is 5.30. The Morgan fingerprint density at radius 3 is 2.70 bits per heavy atom. The van der Waals surface area contributed by atoms with E-state index in [1.807, 2.05) is 11.0 Å². The van der Waals surface area contributed by atoms with E-state index in [0.717, 1.165) is 16.9 Å². The van der Waals surface area contributed by atoms with Crippen molar-refractivity contribution in [1.82, 2.24) is 9.97 Å². The first-order valence-electron chi connectivity index (χ1n) is 10.4. The molecule has 0 bridgehead atoms. The molecule has 4 rings (SSSR count). The zero-order valence-electron chi connectivity index (χ0n) is 17.7. The number of fused-ring (bicyclic) bond motifs is 1. The Kier molecular flexibility index (Phi) is 7.16. The van der Waals surface area contributed by atoms with E-state index in [0.29, 0.717) is 71.1 Å². The van der Waals surface area contributed by atoms with E-state index >= 15 is 0 Å². The molecule has 33 heavy (non-hydrogen) atoms. The third-order valence-electron chi connectivity index (χ3n) is 5.39. The summed E-state index contributed by atoms with van der Waals surface area (Å²) in [5.74, 6) is 0.655. The van der Waals surface area contributed by atoms with Gasteiger partial charge in [0.15, 0.2) is 0 Å². The largest absolute Gasteiger partial charge is 0.466 e. The van der Waals surface area contributed by atoms with Gasteiger partial charge in [-0.05, 0) is 48.8 Å². The van der Waals surface area contributed by atoms with Crippen LogP contribution < -0.4 is 10.2 Å². The Morgan fingerprint density at radius 1 is 1.27 bits per heavy atom. The molecule has 12 heteroatoms. The molecule has 1 aliphatic heterocycles. The summed E-state index contributed by atoms with van der Waals surface area (Å²) in [7, 11) is 0. The topological polar surface area (TPSA) is 110 Å². The SMILES string of the molecule is CCOC(=O)C1CCN(c2nc(NCc3ccc(Cl)c(Cl)c3)c3cc([N+](=O)[O-])sc3n2)CC1. The van der Waals surface area contributed by atoms with Crippen molar-refractivity contribution < 1.29 is 14.5 Å². The average Bonchev–Trinajstić information content (AvgIpc) is 3.25. The number of halogens is 2. The van der Waals surface area contributed by atoms with Crippen molar-refractivity contribution >= 4 is 67.5 Å². The first-order chi connectivity index (χ1) is 15.9. The molecule has 0 atom stereocenters. The second-order valence-electron chi connectivity index (χ2n) is 7.55. The van der Waals surface area contributed by atoms with Gasteiger partial charge in [-0.25, -0.2) is 4.98 Å². The molecule has 1 aromatic carbocycles. The molecule has 2 aromatic heterocycles. The standard InChI is InChI=1S/C21H21Cl2N5O4S/c1-2-32-20(29)13-5-7-27(8-6-13)21-25-18(14-10-17(28(30)31)33-19(14)26-21)24-11-12-3-4-15(22)16(23)9-12/h3-4,9-10,13H,2,5-8,11H2,1H3,(H,24,25,26). The maximum atomic E-state index is 12.0. The summed E-state index contributed by atoms with van der Waals surface area (Å²) in [4.78, 5) is 34.7. The van der Waals surface area contributed by atoms with Crippen LogP contribution in [-0.2, 0) is 16.1 Å². The van der Waals surface area contributed by atoms with E-state index < -0.39 is 4.92 Å². The Balaban J connectivity index is 1.59. The molecule has 1 saturated heterocycles. The van der Waals surface area contributed by atoms with Crippen LogP contribution in [0, 0.1) is 16.0 Å². The van der Waals surface area contributed by atoms with Crippen LogP contribution in [0.3, 0.4) is 0 Å². The average molecular weight is 510 g/mol. The smallest absolute Gasteiger partial charge is 0.326 e. The third kappa shape index (κ3) is 5.29. The lowest BCUT2D eigenvalue weighted by Crippen LogP contribution is -2.38. The molecular weight excluding hydrogens is 489 g/mol. The van der Waals surface area contributed by atoms with Gasteiger partial charge in [-0.1, -0.05) is 29.3 Å². The van der Waals surface area contributed by atoms with E-state index in [2.05, 4.69) is 15.3 Å². The summed E-state index contributed by atoms with van der Waals surface area (Å²) >= 11 is 13.1. The Hall–Kier alpha value is -2.69. The molecule has 3 aromatic rings. The number of carbonyl (C=O) groups excluding carboxylic acids is 1. The van der Waals surface area contributed by atoms with Gasteiger partial charge < -0.3 is 15.0 Å². The molecule has 1 aliphatic rings. The number of nitro groups is 1. The number of thiophene rings is 1. The molecule has 0 radical (unpaired) electrons. The molecular formula is C21H21Cl2N5O4S. The highest BCUT2D eigenvalue weighted by Crippen LogP contribution is 2.36. The summed E-state index contributed by atoms with van der Waals surface area (Å²) in [6.07, 6.45) is 1.27. The van der Waals surface area contributed by atoms with Gasteiger partial charge in [-0.3, -0.25) is 14.9 Å². The summed E-state index contributed by atoms with van der Waals surface area (Å²) in [5.41, 5.74) is 0.887. The maximum absolute atomic E-state index is 12.0. The first-order valence-corrected chi connectivity index (χ1v) is 12.0. The Labute approximate surface area is 203 Å². The minimum Gasteiger partial charge on any atom is -0.466 e. The van der Waals surface area contributed by atoms with Gasteiger partial charge in [0.2, 0.25) is 5.95 Å². The van der Waals surface area contributed by atoms with Gasteiger partial charge in [0.25, 0.3) is 0 Å². The van der Waals surface area contributed by atoms with Crippen molar-refractivity contribution in [2.75, 3.05) is 29.9 Å². The lowest BCUT2D eigenvalue weighted by atomic mass is 9.97. The van der Waals surface area contributed by atoms with Gasteiger partial charge in [0.05, 0.1) is 32.9 Å². The number of hydrogen-bond acceptors (Lipinski definition) is 9. The van der Waals surface area contributed by atoms with Crippen LogP contribution in [0.4, 0.5) is 16.8 Å². The van der Waals surface area contributed by atoms with E-state index in [9.17, 15) is 14.9 Å². The van der Waals surface area contributed by atoms with Gasteiger partial charge >= 0.3 is 11.0 Å². The number of piperidine rings is 1. The maximum Gasteiger partial charge on any atom is 0.326 e. The molecule has 0 unspecified atom stereocenters. The van der Waals surface area contributed by atoms with Crippen LogP contribution in [0.15, 0.2) is 24.3 Å². The minimum absolute atomic E-state index is 0.00458. The van der Waals surface area contributed by atoms with Crippen molar-refractivity contribution in [3.8, 4) is 0 Å². The highest BCUT2D eigenvalue weighted by Gasteiger charge is 2.28. The molecule has 1 fully saturated rings. The fourth-order valence-corrected chi connectivity index (χ4v) is 4.84. The van der Waals surface area contributed by atoms with Gasteiger partial charge in [-0.2, -0.15) is 4.98 Å². The van der Waals surface area contributed by atoms with Crippen molar-refractivity contribution in [3.05, 3.63) is 50.0 Å². The van der Waals surface area contributed by atoms with Crippen LogP contribution in [0.1, 0.15) is 25.3 Å². The summed E-state index contributed by atoms with van der Waals surface area (Å²) in [5, 5.41) is 16.1. The van der Waals surface area contributed by atoms with Gasteiger partial charge in [0, 0.05) is 25.7 Å². The number of esters is 1. The molecule has 0 spiro atoms. The summed E-state index contributed by atoms with van der Waals surface area (Å²) in [6.45, 7) is 3.74. The Morgan fingerprint density at radius 2 is 2.03 bits per heavy atom. The number of rotatable bonds is 7. The lowest BCUT2D eigenvalue weighted by Gasteiger charge is -2.31. The van der Waals surface area contributed by atoms with Crippen LogP contribution in [-0.4, -0.2) is 40.6 Å². The normalized spacial score (nSPS) is 14.5. The number of ether oxygens (including phenoxy) is 1. The highest BCUT2D eigenvalue weighted by atomic mass is 35.5. The molecule has 1 N–H and O–H groups in total. The highest BCUT2D eigenvalue weighted by molar-refractivity contribution is 7.21. The number of hydrogen-bond donors (Lipinski definition) is 1. The van der Waals surface area contributed by atoms with Crippen LogP contribution in [0.2, 0.25) is 10.0 Å². The molecule has 0 aliphatic carbocycles. The number of nitrogens with one attached hydrogen (secondary N) is 1. The molecule has 0 amide bonds. The minimum atomic E-state index is -0.431. The van der Waals surface area contributed by atoms with Crippen molar-refractivity contribution in [2.24, 2.45) is 5.92 Å². The summed E-state index contributed by atoms with van der Waals surface area (Å²) < 4.78 is 5.14. The second-order valence-corrected chi connectivity index (χ2v) is 9.37. The van der Waals surface area contributed by atoms with Crippen LogP contribution >= 0.6 is 34.5 Å². The first kappa shape index (κ1) is 23.5. The molecule has 0 saturated carbocycles. The van der Waals surface area contributed by atoms with E-state index in [-0.39, 0.29) is 16.9 Å². The van der Waals surface area contributed by atoms with Gasteiger partial charge in [0.1, 0.15) is 10.6 Å². The van der Waals surface area contributed by atoms with E-state index in [1.165, 1.54) is 6.07 Å². The summed E-state index contributed by atoms with van der Waals surface area (Å²) in [6, 6.07) is 6.79. The quantitative estimate of drug-likeness (QED) is 0.259. The molecule has 9 nitrogen and oxygen atoms in total. The number of benzene rings is 1.